The van der Waals surface area contributed by atoms with Gasteiger partial charge in [-0.15, -0.1) is 0 Å². The minimum Gasteiger partial charge on any atom is -0.369 e. The minimum atomic E-state index is -0.306. The molecule has 0 bridgehead atoms. The fourth-order valence-electron chi connectivity index (χ4n) is 3.40. The van der Waals surface area contributed by atoms with Crippen LogP contribution in [0.1, 0.15) is 25.3 Å². The molecule has 1 aliphatic rings. The summed E-state index contributed by atoms with van der Waals surface area (Å²) in [6, 6.07) is 14.3. The van der Waals surface area contributed by atoms with Crippen molar-refractivity contribution in [3.05, 3.63) is 48.0 Å². The lowest BCUT2D eigenvalue weighted by atomic mass is 9.92. The molecule has 0 aromatic heterocycles. The van der Waals surface area contributed by atoms with Crippen LogP contribution in [0.3, 0.4) is 0 Å². The van der Waals surface area contributed by atoms with Crippen LogP contribution in [-0.2, 0) is 16.0 Å². The van der Waals surface area contributed by atoms with Gasteiger partial charge in [-0.1, -0.05) is 42.5 Å². The third-order valence-electron chi connectivity index (χ3n) is 4.83. The van der Waals surface area contributed by atoms with Crippen LogP contribution < -0.4 is 5.73 Å². The van der Waals surface area contributed by atoms with E-state index in [1.807, 2.05) is 42.2 Å². The van der Waals surface area contributed by atoms with Crippen LogP contribution in [0.2, 0.25) is 0 Å². The predicted molar refractivity (Wildman–Crippen MR) is 90.7 cm³/mol. The highest BCUT2D eigenvalue weighted by Crippen LogP contribution is 2.24. The zero-order chi connectivity index (χ0) is 16.4. The fraction of sp³-hybridized carbons (Fsp3) is 0.368. The molecular formula is C19H22N2O2. The van der Waals surface area contributed by atoms with E-state index in [9.17, 15) is 9.59 Å². The van der Waals surface area contributed by atoms with Gasteiger partial charge in [0.2, 0.25) is 11.8 Å². The van der Waals surface area contributed by atoms with Gasteiger partial charge in [-0.25, -0.2) is 0 Å². The van der Waals surface area contributed by atoms with E-state index in [0.717, 1.165) is 29.2 Å². The second-order valence-corrected chi connectivity index (χ2v) is 6.39. The van der Waals surface area contributed by atoms with Crippen molar-refractivity contribution in [1.29, 1.82) is 0 Å². The van der Waals surface area contributed by atoms with Crippen LogP contribution in [0.4, 0.5) is 0 Å². The number of piperidine rings is 1. The summed E-state index contributed by atoms with van der Waals surface area (Å²) in [7, 11) is 0. The first-order valence-corrected chi connectivity index (χ1v) is 8.11. The maximum Gasteiger partial charge on any atom is 0.227 e. The molecule has 2 aromatic carbocycles. The Balaban J connectivity index is 1.81. The Kier molecular flexibility index (Phi) is 4.33. The normalized spacial score (nSPS) is 21.3. The zero-order valence-corrected chi connectivity index (χ0v) is 13.4. The molecule has 1 saturated heterocycles. The Morgan fingerprint density at radius 3 is 2.65 bits per heavy atom. The topological polar surface area (TPSA) is 63.4 Å². The van der Waals surface area contributed by atoms with Crippen molar-refractivity contribution in [2.45, 2.75) is 32.2 Å². The Hall–Kier alpha value is -2.36. The first-order valence-electron chi connectivity index (χ1n) is 8.11. The van der Waals surface area contributed by atoms with Gasteiger partial charge in [0.1, 0.15) is 0 Å². The predicted octanol–water partition coefficient (Wildman–Crippen LogP) is 2.49. The van der Waals surface area contributed by atoms with Gasteiger partial charge in [-0.3, -0.25) is 9.59 Å². The van der Waals surface area contributed by atoms with Gasteiger partial charge in [0, 0.05) is 12.6 Å². The average Bonchev–Trinajstić information content (AvgIpc) is 2.55. The molecule has 0 saturated carbocycles. The van der Waals surface area contributed by atoms with Gasteiger partial charge in [0.25, 0.3) is 0 Å². The summed E-state index contributed by atoms with van der Waals surface area (Å²) in [6.07, 6.45) is 1.96. The molecular weight excluding hydrogens is 288 g/mol. The molecule has 2 amide bonds. The molecule has 2 aromatic rings. The summed E-state index contributed by atoms with van der Waals surface area (Å²) in [4.78, 5) is 26.0. The molecule has 0 aliphatic carbocycles. The van der Waals surface area contributed by atoms with Crippen LogP contribution in [0.15, 0.2) is 42.5 Å². The highest BCUT2D eigenvalue weighted by Gasteiger charge is 2.31. The number of carbonyl (C=O) groups is 2. The van der Waals surface area contributed by atoms with E-state index in [2.05, 4.69) is 12.1 Å². The number of carbonyl (C=O) groups excluding carboxylic acids is 2. The lowest BCUT2D eigenvalue weighted by Gasteiger charge is -2.37. The average molecular weight is 310 g/mol. The van der Waals surface area contributed by atoms with Gasteiger partial charge in [-0.05, 0) is 36.1 Å². The molecule has 2 atom stereocenters. The van der Waals surface area contributed by atoms with Crippen LogP contribution in [0.5, 0.6) is 0 Å². The number of primary amides is 1. The molecule has 0 unspecified atom stereocenters. The van der Waals surface area contributed by atoms with Crippen LogP contribution >= 0.6 is 0 Å². The number of benzene rings is 2. The van der Waals surface area contributed by atoms with Crippen LogP contribution in [0.25, 0.3) is 10.8 Å². The maximum atomic E-state index is 12.8. The summed E-state index contributed by atoms with van der Waals surface area (Å²) in [6.45, 7) is 2.48. The number of likely N-dealkylation sites (tertiary alicyclic amines) is 1. The quantitative estimate of drug-likeness (QED) is 0.946. The molecule has 1 fully saturated rings. The lowest BCUT2D eigenvalue weighted by molar-refractivity contribution is -0.136. The number of hydrogen-bond acceptors (Lipinski definition) is 2. The number of rotatable bonds is 3. The summed E-state index contributed by atoms with van der Waals surface area (Å²) in [5.74, 6) is -0.456. The largest absolute Gasteiger partial charge is 0.369 e. The smallest absolute Gasteiger partial charge is 0.227 e. The molecule has 4 heteroatoms. The Labute approximate surface area is 136 Å². The van der Waals surface area contributed by atoms with Crippen molar-refractivity contribution < 1.29 is 9.59 Å². The fourth-order valence-corrected chi connectivity index (χ4v) is 3.40. The van der Waals surface area contributed by atoms with Crippen molar-refractivity contribution in [3.8, 4) is 0 Å². The molecule has 3 rings (SSSR count). The Morgan fingerprint density at radius 2 is 1.87 bits per heavy atom. The zero-order valence-electron chi connectivity index (χ0n) is 13.4. The number of fused-ring (bicyclic) bond motifs is 1. The molecule has 1 aliphatic heterocycles. The molecule has 0 radical (unpaired) electrons. The Morgan fingerprint density at radius 1 is 1.13 bits per heavy atom. The standard InChI is InChI=1S/C19H22N2O2/c1-13-9-10-16(19(20)23)12-21(13)18(22)11-15-7-4-6-14-5-2-3-8-17(14)15/h2-8,13,16H,9-12H2,1H3,(H2,20,23)/t13-,16+/m0/s1. The van der Waals surface area contributed by atoms with Crippen molar-refractivity contribution in [1.82, 2.24) is 4.90 Å². The monoisotopic (exact) mass is 310 g/mol. The molecule has 23 heavy (non-hydrogen) atoms. The first-order chi connectivity index (χ1) is 11.1. The number of nitrogens with zero attached hydrogens (tertiary/aromatic N) is 1. The van der Waals surface area contributed by atoms with Crippen LogP contribution in [-0.4, -0.2) is 29.3 Å². The van der Waals surface area contributed by atoms with Gasteiger partial charge in [0.15, 0.2) is 0 Å². The molecule has 1 heterocycles. The number of nitrogens with two attached hydrogens (primary N) is 1. The summed E-state index contributed by atoms with van der Waals surface area (Å²) >= 11 is 0. The lowest BCUT2D eigenvalue weighted by Crippen LogP contribution is -2.49. The molecule has 0 spiro atoms. The van der Waals surface area contributed by atoms with E-state index in [0.29, 0.717) is 13.0 Å². The summed E-state index contributed by atoms with van der Waals surface area (Å²) in [5.41, 5.74) is 6.45. The van der Waals surface area contributed by atoms with E-state index < -0.39 is 0 Å². The molecule has 2 N–H and O–H groups in total. The van der Waals surface area contributed by atoms with Gasteiger partial charge in [-0.2, -0.15) is 0 Å². The van der Waals surface area contributed by atoms with Crippen molar-refractivity contribution in [3.63, 3.8) is 0 Å². The highest BCUT2D eigenvalue weighted by molar-refractivity contribution is 5.90. The van der Waals surface area contributed by atoms with Gasteiger partial charge >= 0.3 is 0 Å². The van der Waals surface area contributed by atoms with E-state index in [-0.39, 0.29) is 23.8 Å². The minimum absolute atomic E-state index is 0.0693. The molecule has 120 valence electrons. The summed E-state index contributed by atoms with van der Waals surface area (Å²) in [5, 5.41) is 2.25. The van der Waals surface area contributed by atoms with E-state index in [4.69, 9.17) is 5.73 Å². The van der Waals surface area contributed by atoms with Gasteiger partial charge in [0.05, 0.1) is 12.3 Å². The van der Waals surface area contributed by atoms with Gasteiger partial charge < -0.3 is 10.6 Å². The van der Waals surface area contributed by atoms with Crippen molar-refractivity contribution >= 4 is 22.6 Å². The SMILES string of the molecule is C[C@H]1CC[C@@H](C(N)=O)CN1C(=O)Cc1cccc2ccccc12. The van der Waals surface area contributed by atoms with Crippen molar-refractivity contribution in [2.24, 2.45) is 11.7 Å². The highest BCUT2D eigenvalue weighted by atomic mass is 16.2. The first kappa shape index (κ1) is 15.5. The maximum absolute atomic E-state index is 12.8. The van der Waals surface area contributed by atoms with Crippen molar-refractivity contribution in [2.75, 3.05) is 6.54 Å². The van der Waals surface area contributed by atoms with E-state index in [1.54, 1.807) is 0 Å². The second-order valence-electron chi connectivity index (χ2n) is 6.39. The molecule has 4 nitrogen and oxygen atoms in total. The Bertz CT molecular complexity index is 736. The third kappa shape index (κ3) is 3.21. The third-order valence-corrected chi connectivity index (χ3v) is 4.83. The summed E-state index contributed by atoms with van der Waals surface area (Å²) < 4.78 is 0. The number of hydrogen-bond donors (Lipinski definition) is 1. The number of amides is 2. The van der Waals surface area contributed by atoms with Crippen LogP contribution in [0, 0.1) is 5.92 Å². The van der Waals surface area contributed by atoms with E-state index >= 15 is 0 Å². The van der Waals surface area contributed by atoms with E-state index in [1.165, 1.54) is 0 Å². The second kappa shape index (κ2) is 6.41.